The number of nitrogens with two attached hydrogens (primary N) is 1. The summed E-state index contributed by atoms with van der Waals surface area (Å²) in [6.45, 7) is 0. The van der Waals surface area contributed by atoms with Crippen LogP contribution in [-0.4, -0.2) is 17.0 Å². The van der Waals surface area contributed by atoms with Crippen LogP contribution in [0.15, 0.2) is 46.4 Å². The average molecular weight is 280 g/mol. The number of hydrogen-bond acceptors (Lipinski definition) is 4. The molecular weight excluding hydrogens is 270 g/mol. The van der Waals surface area contributed by atoms with E-state index in [0.717, 1.165) is 0 Å². The van der Waals surface area contributed by atoms with Crippen molar-refractivity contribution in [2.45, 2.75) is 0 Å². The minimum absolute atomic E-state index is 0.0736. The lowest BCUT2D eigenvalue weighted by atomic mass is 10.2. The fourth-order valence-electron chi connectivity index (χ4n) is 1.43. The third-order valence-corrected chi connectivity index (χ3v) is 2.73. The fraction of sp³-hybridized carbons (Fsp3) is 0. The molecule has 0 saturated carbocycles. The predicted molar refractivity (Wildman–Crippen MR) is 70.6 cm³/mol. The SMILES string of the molecule is NC(=NO)c1ccc(Cl)c(NC(=O)c2ccoc2)c1. The van der Waals surface area contributed by atoms with Crippen molar-refractivity contribution in [2.24, 2.45) is 10.9 Å². The van der Waals surface area contributed by atoms with Gasteiger partial charge in [0.2, 0.25) is 0 Å². The van der Waals surface area contributed by atoms with Gasteiger partial charge < -0.3 is 20.7 Å². The van der Waals surface area contributed by atoms with Crippen LogP contribution in [0, 0.1) is 0 Å². The normalized spacial score (nSPS) is 11.3. The number of amidine groups is 1. The minimum Gasteiger partial charge on any atom is -0.472 e. The summed E-state index contributed by atoms with van der Waals surface area (Å²) in [5, 5.41) is 14.4. The Hall–Kier alpha value is -2.47. The average Bonchev–Trinajstić information content (AvgIpc) is 2.94. The van der Waals surface area contributed by atoms with Gasteiger partial charge in [0.25, 0.3) is 5.91 Å². The van der Waals surface area contributed by atoms with Gasteiger partial charge in [-0.1, -0.05) is 16.8 Å². The zero-order chi connectivity index (χ0) is 13.8. The van der Waals surface area contributed by atoms with E-state index in [9.17, 15) is 4.79 Å². The first kappa shape index (κ1) is 13.0. The third kappa shape index (κ3) is 2.86. The molecule has 0 bridgehead atoms. The zero-order valence-electron chi connectivity index (χ0n) is 9.63. The lowest BCUT2D eigenvalue weighted by Crippen LogP contribution is -2.15. The van der Waals surface area contributed by atoms with Crippen LogP contribution in [0.25, 0.3) is 0 Å². The molecule has 1 heterocycles. The van der Waals surface area contributed by atoms with Crippen LogP contribution in [0.1, 0.15) is 15.9 Å². The number of carbonyl (C=O) groups excluding carboxylic acids is 1. The molecule has 1 aromatic carbocycles. The number of carbonyl (C=O) groups is 1. The summed E-state index contributed by atoms with van der Waals surface area (Å²) in [6, 6.07) is 6.15. The first-order chi connectivity index (χ1) is 9.11. The number of halogens is 1. The second-order valence-electron chi connectivity index (χ2n) is 3.65. The van der Waals surface area contributed by atoms with Crippen LogP contribution in [0.3, 0.4) is 0 Å². The molecule has 0 radical (unpaired) electrons. The number of hydrogen-bond donors (Lipinski definition) is 3. The van der Waals surface area contributed by atoms with Gasteiger partial charge in [0, 0.05) is 5.56 Å². The molecule has 7 heteroatoms. The molecule has 0 aliphatic rings. The van der Waals surface area contributed by atoms with Crippen LogP contribution in [0.2, 0.25) is 5.02 Å². The summed E-state index contributed by atoms with van der Waals surface area (Å²) in [4.78, 5) is 11.8. The first-order valence-corrected chi connectivity index (χ1v) is 5.60. The van der Waals surface area contributed by atoms with E-state index in [-0.39, 0.29) is 11.7 Å². The second kappa shape index (κ2) is 5.45. The van der Waals surface area contributed by atoms with Crippen LogP contribution < -0.4 is 11.1 Å². The highest BCUT2D eigenvalue weighted by Crippen LogP contribution is 2.23. The van der Waals surface area contributed by atoms with Crippen molar-refractivity contribution < 1.29 is 14.4 Å². The molecule has 6 nitrogen and oxygen atoms in total. The largest absolute Gasteiger partial charge is 0.472 e. The summed E-state index contributed by atoms with van der Waals surface area (Å²) in [5.41, 5.74) is 6.63. The van der Waals surface area contributed by atoms with Crippen molar-refractivity contribution in [1.29, 1.82) is 0 Å². The number of anilines is 1. The molecule has 0 atom stereocenters. The summed E-state index contributed by atoms with van der Waals surface area (Å²) < 4.78 is 4.82. The summed E-state index contributed by atoms with van der Waals surface area (Å²) in [7, 11) is 0. The van der Waals surface area contributed by atoms with Gasteiger partial charge in [-0.3, -0.25) is 4.79 Å². The van der Waals surface area contributed by atoms with Gasteiger partial charge in [-0.2, -0.15) is 0 Å². The quantitative estimate of drug-likeness (QED) is 0.347. The van der Waals surface area contributed by atoms with Gasteiger partial charge in [0.1, 0.15) is 6.26 Å². The Bertz CT molecular complexity index is 623. The molecule has 19 heavy (non-hydrogen) atoms. The molecule has 2 rings (SSSR count). The molecule has 0 unspecified atom stereocenters. The van der Waals surface area contributed by atoms with Crippen molar-refractivity contribution in [3.8, 4) is 0 Å². The molecule has 0 spiro atoms. The maximum atomic E-state index is 11.8. The second-order valence-corrected chi connectivity index (χ2v) is 4.05. The van der Waals surface area contributed by atoms with Gasteiger partial charge >= 0.3 is 0 Å². The Morgan fingerprint density at radius 2 is 2.16 bits per heavy atom. The monoisotopic (exact) mass is 279 g/mol. The molecule has 4 N–H and O–H groups in total. The Labute approximate surface area is 113 Å². The highest BCUT2D eigenvalue weighted by molar-refractivity contribution is 6.34. The molecule has 2 aromatic rings. The Morgan fingerprint density at radius 3 is 2.79 bits per heavy atom. The molecule has 0 fully saturated rings. The maximum absolute atomic E-state index is 11.8. The maximum Gasteiger partial charge on any atom is 0.258 e. The molecule has 1 aromatic heterocycles. The fourth-order valence-corrected chi connectivity index (χ4v) is 1.59. The molecule has 1 amide bonds. The van der Waals surface area contributed by atoms with E-state index in [1.165, 1.54) is 24.7 Å². The van der Waals surface area contributed by atoms with Crippen molar-refractivity contribution in [3.63, 3.8) is 0 Å². The number of benzene rings is 1. The molecule has 0 aliphatic carbocycles. The van der Waals surface area contributed by atoms with Crippen molar-refractivity contribution in [2.75, 3.05) is 5.32 Å². The van der Waals surface area contributed by atoms with Gasteiger partial charge in [-0.05, 0) is 24.3 Å². The number of furan rings is 1. The highest BCUT2D eigenvalue weighted by Gasteiger charge is 2.11. The topological polar surface area (TPSA) is 101 Å². The van der Waals surface area contributed by atoms with E-state index < -0.39 is 0 Å². The van der Waals surface area contributed by atoms with Gasteiger partial charge in [-0.25, -0.2) is 0 Å². The summed E-state index contributed by atoms with van der Waals surface area (Å²) in [5.74, 6) is -0.442. The van der Waals surface area contributed by atoms with Crippen LogP contribution in [-0.2, 0) is 0 Å². The lowest BCUT2D eigenvalue weighted by molar-refractivity contribution is 0.102. The van der Waals surface area contributed by atoms with E-state index in [2.05, 4.69) is 10.5 Å². The van der Waals surface area contributed by atoms with Gasteiger partial charge in [0.15, 0.2) is 5.84 Å². The summed E-state index contributed by atoms with van der Waals surface area (Å²) in [6.07, 6.45) is 2.71. The number of rotatable bonds is 3. The Balaban J connectivity index is 2.27. The van der Waals surface area contributed by atoms with Crippen molar-refractivity contribution in [1.82, 2.24) is 0 Å². The first-order valence-electron chi connectivity index (χ1n) is 5.23. The lowest BCUT2D eigenvalue weighted by Gasteiger charge is -2.08. The number of nitrogens with one attached hydrogen (secondary N) is 1. The highest BCUT2D eigenvalue weighted by atomic mass is 35.5. The summed E-state index contributed by atoms with van der Waals surface area (Å²) >= 11 is 5.97. The van der Waals surface area contributed by atoms with Gasteiger partial charge in [-0.15, -0.1) is 0 Å². The Morgan fingerprint density at radius 1 is 1.37 bits per heavy atom. The molecular formula is C12H10ClN3O3. The number of nitrogens with zero attached hydrogens (tertiary/aromatic N) is 1. The van der Waals surface area contributed by atoms with Crippen molar-refractivity contribution in [3.05, 3.63) is 52.9 Å². The van der Waals surface area contributed by atoms with E-state index >= 15 is 0 Å². The van der Waals surface area contributed by atoms with Crippen molar-refractivity contribution >= 4 is 29.0 Å². The van der Waals surface area contributed by atoms with Crippen LogP contribution >= 0.6 is 11.6 Å². The molecule has 0 saturated heterocycles. The molecule has 98 valence electrons. The van der Waals surface area contributed by atoms with E-state index in [0.29, 0.717) is 21.8 Å². The standard InChI is InChI=1S/C12H10ClN3O3/c13-9-2-1-7(11(14)16-18)5-10(9)15-12(17)8-3-4-19-6-8/h1-6,18H,(H2,14,16)(H,15,17). The number of amides is 1. The van der Waals surface area contributed by atoms with E-state index in [1.807, 2.05) is 0 Å². The predicted octanol–water partition coefficient (Wildman–Crippen LogP) is 2.28. The van der Waals surface area contributed by atoms with Gasteiger partial charge in [0.05, 0.1) is 22.5 Å². The minimum atomic E-state index is -0.368. The molecule has 0 aliphatic heterocycles. The Kier molecular flexibility index (Phi) is 3.72. The number of oxime groups is 1. The van der Waals surface area contributed by atoms with E-state index in [4.69, 9.17) is 27.0 Å². The third-order valence-electron chi connectivity index (χ3n) is 2.40. The van der Waals surface area contributed by atoms with E-state index in [1.54, 1.807) is 12.1 Å². The van der Waals surface area contributed by atoms with Crippen LogP contribution in [0.4, 0.5) is 5.69 Å². The van der Waals surface area contributed by atoms with Crippen LogP contribution in [0.5, 0.6) is 0 Å². The zero-order valence-corrected chi connectivity index (χ0v) is 10.4. The smallest absolute Gasteiger partial charge is 0.258 e.